The van der Waals surface area contributed by atoms with Crippen LogP contribution in [0.1, 0.15) is 73.1 Å². The molecule has 0 spiro atoms. The fourth-order valence-corrected chi connectivity index (χ4v) is 4.92. The summed E-state index contributed by atoms with van der Waals surface area (Å²) < 4.78 is 11.6. The van der Waals surface area contributed by atoms with Crippen LogP contribution in [0.2, 0.25) is 0 Å². The maximum absolute atomic E-state index is 13.5. The topological polar surface area (TPSA) is 97.1 Å². The first kappa shape index (κ1) is 27.3. The van der Waals surface area contributed by atoms with Crippen LogP contribution in [-0.4, -0.2) is 40.4 Å². The smallest absolute Gasteiger partial charge is 0.417 e. The summed E-state index contributed by atoms with van der Waals surface area (Å²) >= 11 is 0. The minimum absolute atomic E-state index is 0.104. The van der Waals surface area contributed by atoms with Crippen LogP contribution in [0.4, 0.5) is 4.79 Å². The molecule has 2 amide bonds. The number of unbranched alkanes of at least 4 members (excludes halogenated alkanes) is 3. The molecule has 0 radical (unpaired) electrons. The third kappa shape index (κ3) is 5.89. The van der Waals surface area contributed by atoms with Gasteiger partial charge in [0.1, 0.15) is 17.8 Å². The van der Waals surface area contributed by atoms with Crippen molar-refractivity contribution in [3.05, 3.63) is 83.3 Å². The summed E-state index contributed by atoms with van der Waals surface area (Å²) in [7, 11) is 0. The van der Waals surface area contributed by atoms with Crippen molar-refractivity contribution in [2.45, 2.75) is 65.0 Å². The van der Waals surface area contributed by atoms with E-state index >= 15 is 0 Å². The molecule has 200 valence electrons. The van der Waals surface area contributed by atoms with Gasteiger partial charge < -0.3 is 14.3 Å². The Morgan fingerprint density at radius 1 is 1.00 bits per heavy atom. The van der Waals surface area contributed by atoms with E-state index in [1.165, 1.54) is 6.92 Å². The number of aliphatic hydroxyl groups excluding tert-OH is 1. The van der Waals surface area contributed by atoms with Crippen LogP contribution in [0, 0.1) is 12.8 Å². The Labute approximate surface area is 223 Å². The van der Waals surface area contributed by atoms with E-state index in [0.29, 0.717) is 12.2 Å². The Bertz CT molecular complexity index is 1280. The van der Waals surface area contributed by atoms with E-state index in [-0.39, 0.29) is 12.4 Å². The minimum atomic E-state index is -1.12. The predicted octanol–water partition coefficient (Wildman–Crippen LogP) is 6.28. The van der Waals surface area contributed by atoms with Crippen LogP contribution in [0.15, 0.2) is 65.1 Å². The van der Waals surface area contributed by atoms with Crippen molar-refractivity contribution in [1.29, 1.82) is 0 Å². The minimum Gasteiger partial charge on any atom is -0.457 e. The summed E-state index contributed by atoms with van der Waals surface area (Å²) in [6.45, 7) is 5.43. The van der Waals surface area contributed by atoms with Crippen molar-refractivity contribution in [1.82, 2.24) is 4.90 Å². The SMILES string of the molecule is Cc1cccc(-c2cc(C(=O)[C@H](C)C(=O)N3C(=O)O[C@H](c4ccccc4)[C@@H]3C)oc2CCCCCCO)c1. The third-order valence-corrected chi connectivity index (χ3v) is 7.09. The number of hydrogen-bond donors (Lipinski definition) is 1. The first-order chi connectivity index (χ1) is 18.3. The number of nitrogens with zero attached hydrogens (tertiary/aromatic N) is 1. The number of cyclic esters (lactones) is 1. The number of aliphatic hydroxyl groups is 1. The fourth-order valence-electron chi connectivity index (χ4n) is 4.92. The molecule has 2 heterocycles. The van der Waals surface area contributed by atoms with Crippen LogP contribution >= 0.6 is 0 Å². The number of carbonyl (C=O) groups is 3. The lowest BCUT2D eigenvalue weighted by Crippen LogP contribution is -2.43. The summed E-state index contributed by atoms with van der Waals surface area (Å²) in [5.41, 5.74) is 3.65. The van der Waals surface area contributed by atoms with Crippen LogP contribution in [0.3, 0.4) is 0 Å². The molecule has 7 nitrogen and oxygen atoms in total. The van der Waals surface area contributed by atoms with Crippen molar-refractivity contribution in [3.8, 4) is 11.1 Å². The summed E-state index contributed by atoms with van der Waals surface area (Å²) in [5.74, 6) is -1.40. The van der Waals surface area contributed by atoms with Crippen LogP contribution in [0.25, 0.3) is 11.1 Å². The van der Waals surface area contributed by atoms with Gasteiger partial charge in [-0.3, -0.25) is 9.59 Å². The second-order valence-electron chi connectivity index (χ2n) is 9.95. The highest BCUT2D eigenvalue weighted by atomic mass is 16.6. The molecule has 0 aliphatic carbocycles. The summed E-state index contributed by atoms with van der Waals surface area (Å²) in [5, 5.41) is 9.03. The van der Waals surface area contributed by atoms with E-state index in [0.717, 1.165) is 52.8 Å². The molecule has 1 aliphatic heterocycles. The molecule has 1 saturated heterocycles. The van der Waals surface area contributed by atoms with Gasteiger partial charge in [0.15, 0.2) is 5.76 Å². The van der Waals surface area contributed by atoms with Gasteiger partial charge in [0, 0.05) is 18.6 Å². The first-order valence-electron chi connectivity index (χ1n) is 13.2. The van der Waals surface area contributed by atoms with Gasteiger partial charge in [0.05, 0.1) is 6.04 Å². The molecular formula is C31H35NO6. The van der Waals surface area contributed by atoms with Gasteiger partial charge in [-0.1, -0.05) is 73.0 Å². The number of ether oxygens (including phenoxy) is 1. The fraction of sp³-hybridized carbons (Fsp3) is 0.387. The van der Waals surface area contributed by atoms with Crippen molar-refractivity contribution in [3.63, 3.8) is 0 Å². The normalized spacial score (nSPS) is 17.9. The second-order valence-corrected chi connectivity index (χ2v) is 9.95. The second kappa shape index (κ2) is 12.2. The number of furan rings is 1. The van der Waals surface area contributed by atoms with Crippen LogP contribution in [-0.2, 0) is 16.0 Å². The average molecular weight is 518 g/mol. The zero-order chi connectivity index (χ0) is 27.2. The maximum Gasteiger partial charge on any atom is 0.417 e. The zero-order valence-corrected chi connectivity index (χ0v) is 22.2. The lowest BCUT2D eigenvalue weighted by atomic mass is 9.98. The van der Waals surface area contributed by atoms with E-state index in [1.807, 2.05) is 61.5 Å². The molecule has 0 saturated carbocycles. The number of benzene rings is 2. The number of rotatable bonds is 11. The molecule has 3 aromatic rings. The zero-order valence-electron chi connectivity index (χ0n) is 22.2. The number of carbonyl (C=O) groups excluding carboxylic acids is 3. The number of aryl methyl sites for hydroxylation is 2. The summed E-state index contributed by atoms with van der Waals surface area (Å²) in [4.78, 5) is 40.6. The predicted molar refractivity (Wildman–Crippen MR) is 144 cm³/mol. The molecule has 2 aromatic carbocycles. The molecule has 0 unspecified atom stereocenters. The standard InChI is InChI=1S/C31H35NO6/c1-20-12-11-15-24(18-20)25-19-27(37-26(25)16-9-4-5-10-17-33)28(34)21(2)30(35)32-22(3)29(38-31(32)36)23-13-7-6-8-14-23/h6-8,11-15,18-19,21-22,29,33H,4-5,9-10,16-17H2,1-3H3/t21-,22-,29-/m0/s1. The summed E-state index contributed by atoms with van der Waals surface area (Å²) in [6.07, 6.45) is 2.76. The molecule has 1 aliphatic rings. The molecule has 0 bridgehead atoms. The van der Waals surface area contributed by atoms with Crippen molar-refractivity contribution in [2.24, 2.45) is 5.92 Å². The quantitative estimate of drug-likeness (QED) is 0.183. The van der Waals surface area contributed by atoms with Gasteiger partial charge in [-0.2, -0.15) is 0 Å². The number of imide groups is 1. The molecule has 38 heavy (non-hydrogen) atoms. The lowest BCUT2D eigenvalue weighted by molar-refractivity contribution is -0.131. The highest BCUT2D eigenvalue weighted by Gasteiger charge is 2.46. The van der Waals surface area contributed by atoms with Gasteiger partial charge in [-0.15, -0.1) is 0 Å². The van der Waals surface area contributed by atoms with Crippen LogP contribution < -0.4 is 0 Å². The Morgan fingerprint density at radius 2 is 1.74 bits per heavy atom. The van der Waals surface area contributed by atoms with Gasteiger partial charge in [0.2, 0.25) is 11.7 Å². The van der Waals surface area contributed by atoms with E-state index in [2.05, 4.69) is 0 Å². The summed E-state index contributed by atoms with van der Waals surface area (Å²) in [6, 6.07) is 18.4. The third-order valence-electron chi connectivity index (χ3n) is 7.09. The number of hydrogen-bond acceptors (Lipinski definition) is 6. The molecular weight excluding hydrogens is 482 g/mol. The molecule has 4 rings (SSSR count). The van der Waals surface area contributed by atoms with Gasteiger partial charge in [-0.05, 0) is 50.8 Å². The maximum atomic E-state index is 13.5. The number of ketones is 1. The van der Waals surface area contributed by atoms with E-state index in [4.69, 9.17) is 14.3 Å². The van der Waals surface area contributed by atoms with Crippen molar-refractivity contribution in [2.75, 3.05) is 6.61 Å². The Kier molecular flexibility index (Phi) is 8.79. The molecule has 1 N–H and O–H groups in total. The monoisotopic (exact) mass is 517 g/mol. The highest BCUT2D eigenvalue weighted by Crippen LogP contribution is 2.35. The number of amides is 2. The lowest BCUT2D eigenvalue weighted by Gasteiger charge is -2.21. The molecule has 1 fully saturated rings. The highest BCUT2D eigenvalue weighted by molar-refractivity contribution is 6.12. The van der Waals surface area contributed by atoms with Crippen molar-refractivity contribution >= 4 is 17.8 Å². The van der Waals surface area contributed by atoms with E-state index in [9.17, 15) is 14.4 Å². The first-order valence-corrected chi connectivity index (χ1v) is 13.2. The van der Waals surface area contributed by atoms with Gasteiger partial charge in [0.25, 0.3) is 0 Å². The number of Topliss-reactive ketones (excluding diaryl/α,β-unsaturated/α-hetero) is 1. The Balaban J connectivity index is 1.54. The van der Waals surface area contributed by atoms with Crippen molar-refractivity contribution < 1.29 is 28.6 Å². The molecule has 1 aromatic heterocycles. The molecule has 3 atom stereocenters. The van der Waals surface area contributed by atoms with Crippen LogP contribution in [0.5, 0.6) is 0 Å². The Morgan fingerprint density at radius 3 is 2.45 bits per heavy atom. The molecule has 7 heteroatoms. The van der Waals surface area contributed by atoms with E-state index < -0.39 is 35.8 Å². The van der Waals surface area contributed by atoms with Gasteiger partial charge >= 0.3 is 6.09 Å². The Hall–Kier alpha value is -3.71. The average Bonchev–Trinajstić information content (AvgIpc) is 3.48. The van der Waals surface area contributed by atoms with Gasteiger partial charge in [-0.25, -0.2) is 9.69 Å². The largest absolute Gasteiger partial charge is 0.457 e. The van der Waals surface area contributed by atoms with E-state index in [1.54, 1.807) is 13.0 Å².